The molecule has 1 rings (SSSR count). The highest BCUT2D eigenvalue weighted by Crippen LogP contribution is 2.15. The lowest BCUT2D eigenvalue weighted by Gasteiger charge is -2.22. The van der Waals surface area contributed by atoms with E-state index in [1.807, 2.05) is 31.2 Å². The normalized spacial score (nSPS) is 14.9. The van der Waals surface area contributed by atoms with Crippen molar-refractivity contribution >= 4 is 5.78 Å². The number of hydrogen-bond acceptors (Lipinski definition) is 2. The summed E-state index contributed by atoms with van der Waals surface area (Å²) in [5.74, 6) is 0.0285. The quantitative estimate of drug-likeness (QED) is 0.792. The van der Waals surface area contributed by atoms with Gasteiger partial charge < -0.3 is 5.73 Å². The maximum atomic E-state index is 11.3. The van der Waals surface area contributed by atoms with Gasteiger partial charge in [-0.2, -0.15) is 0 Å². The van der Waals surface area contributed by atoms with Crippen LogP contribution in [0.2, 0.25) is 0 Å². The Kier molecular flexibility index (Phi) is 3.06. The monoisotopic (exact) mass is 191 g/mol. The van der Waals surface area contributed by atoms with E-state index in [0.717, 1.165) is 5.56 Å². The molecule has 1 atom stereocenters. The van der Waals surface area contributed by atoms with Gasteiger partial charge in [-0.05, 0) is 38.3 Å². The second-order valence-corrected chi connectivity index (χ2v) is 4.08. The van der Waals surface area contributed by atoms with E-state index in [9.17, 15) is 4.79 Å². The average molecular weight is 191 g/mol. The van der Waals surface area contributed by atoms with Gasteiger partial charge in [0.05, 0.1) is 5.54 Å². The number of hydrogen-bond donors (Lipinski definition) is 1. The predicted octanol–water partition coefficient (Wildman–Crippen LogP) is 1.84. The third-order valence-corrected chi connectivity index (χ3v) is 2.62. The first-order valence-corrected chi connectivity index (χ1v) is 4.78. The van der Waals surface area contributed by atoms with E-state index in [1.54, 1.807) is 6.92 Å². The van der Waals surface area contributed by atoms with Gasteiger partial charge in [-0.25, -0.2) is 0 Å². The SMILES string of the molecule is CC(=O)C(C)(N)Cc1ccccc1C. The highest BCUT2D eigenvalue weighted by Gasteiger charge is 2.24. The van der Waals surface area contributed by atoms with Gasteiger partial charge in [0.1, 0.15) is 5.78 Å². The van der Waals surface area contributed by atoms with E-state index >= 15 is 0 Å². The van der Waals surface area contributed by atoms with E-state index in [1.165, 1.54) is 12.5 Å². The molecule has 2 heteroatoms. The number of nitrogens with two attached hydrogens (primary N) is 1. The summed E-state index contributed by atoms with van der Waals surface area (Å²) in [4.78, 5) is 11.3. The summed E-state index contributed by atoms with van der Waals surface area (Å²) in [6.07, 6.45) is 0.606. The van der Waals surface area contributed by atoms with Crippen molar-refractivity contribution in [3.63, 3.8) is 0 Å². The van der Waals surface area contributed by atoms with E-state index in [-0.39, 0.29) is 5.78 Å². The second kappa shape index (κ2) is 3.93. The lowest BCUT2D eigenvalue weighted by Crippen LogP contribution is -2.45. The lowest BCUT2D eigenvalue weighted by molar-refractivity contribution is -0.121. The third-order valence-electron chi connectivity index (χ3n) is 2.62. The van der Waals surface area contributed by atoms with Crippen LogP contribution in [0.1, 0.15) is 25.0 Å². The van der Waals surface area contributed by atoms with Gasteiger partial charge in [0.25, 0.3) is 0 Å². The van der Waals surface area contributed by atoms with Crippen LogP contribution in [0.5, 0.6) is 0 Å². The highest BCUT2D eigenvalue weighted by atomic mass is 16.1. The molecule has 0 radical (unpaired) electrons. The van der Waals surface area contributed by atoms with Crippen LogP contribution in [0.4, 0.5) is 0 Å². The molecule has 0 aliphatic carbocycles. The fourth-order valence-electron chi connectivity index (χ4n) is 1.33. The van der Waals surface area contributed by atoms with Crippen molar-refractivity contribution in [1.82, 2.24) is 0 Å². The summed E-state index contributed by atoms with van der Waals surface area (Å²) in [5, 5.41) is 0. The predicted molar refractivity (Wildman–Crippen MR) is 58.2 cm³/mol. The zero-order chi connectivity index (χ0) is 10.8. The number of ketones is 1. The zero-order valence-corrected chi connectivity index (χ0v) is 9.00. The van der Waals surface area contributed by atoms with Gasteiger partial charge in [-0.15, -0.1) is 0 Å². The van der Waals surface area contributed by atoms with Crippen LogP contribution in [0.25, 0.3) is 0 Å². The molecule has 2 nitrogen and oxygen atoms in total. The highest BCUT2D eigenvalue weighted by molar-refractivity contribution is 5.85. The smallest absolute Gasteiger partial charge is 0.149 e. The van der Waals surface area contributed by atoms with Crippen LogP contribution in [0.15, 0.2) is 24.3 Å². The molecule has 14 heavy (non-hydrogen) atoms. The topological polar surface area (TPSA) is 43.1 Å². The van der Waals surface area contributed by atoms with Crippen LogP contribution in [0.3, 0.4) is 0 Å². The Labute approximate surface area is 85.1 Å². The van der Waals surface area contributed by atoms with Crippen molar-refractivity contribution in [2.24, 2.45) is 5.73 Å². The molecule has 0 saturated heterocycles. The summed E-state index contributed by atoms with van der Waals surface area (Å²) < 4.78 is 0. The standard InChI is InChI=1S/C12H17NO/c1-9-6-4-5-7-11(9)8-12(3,13)10(2)14/h4-7H,8,13H2,1-3H3. The average Bonchev–Trinajstić information content (AvgIpc) is 2.08. The second-order valence-electron chi connectivity index (χ2n) is 4.08. The van der Waals surface area contributed by atoms with Crippen LogP contribution < -0.4 is 5.73 Å². The van der Waals surface area contributed by atoms with E-state index in [0.29, 0.717) is 6.42 Å². The number of aryl methyl sites for hydroxylation is 1. The summed E-state index contributed by atoms with van der Waals surface area (Å²) >= 11 is 0. The molecule has 0 aliphatic rings. The number of rotatable bonds is 3. The molecule has 1 aromatic carbocycles. The van der Waals surface area contributed by atoms with Crippen molar-refractivity contribution < 1.29 is 4.79 Å². The van der Waals surface area contributed by atoms with E-state index < -0.39 is 5.54 Å². The molecule has 0 aromatic heterocycles. The molecular formula is C12H17NO. The summed E-state index contributed by atoms with van der Waals surface area (Å²) in [6.45, 7) is 5.35. The lowest BCUT2D eigenvalue weighted by atomic mass is 9.89. The van der Waals surface area contributed by atoms with Crippen LogP contribution >= 0.6 is 0 Å². The molecule has 2 N–H and O–H groups in total. The molecule has 0 fully saturated rings. The van der Waals surface area contributed by atoms with Crippen LogP contribution in [-0.2, 0) is 11.2 Å². The number of carbonyl (C=O) groups excluding carboxylic acids is 1. The molecule has 1 unspecified atom stereocenters. The van der Waals surface area contributed by atoms with Gasteiger partial charge in [0.15, 0.2) is 0 Å². The van der Waals surface area contributed by atoms with E-state index in [4.69, 9.17) is 5.73 Å². The molecule has 0 aliphatic heterocycles. The van der Waals surface area contributed by atoms with Crippen molar-refractivity contribution in [2.75, 3.05) is 0 Å². The van der Waals surface area contributed by atoms with E-state index in [2.05, 4.69) is 0 Å². The van der Waals surface area contributed by atoms with Gasteiger partial charge >= 0.3 is 0 Å². The van der Waals surface area contributed by atoms with Crippen molar-refractivity contribution in [2.45, 2.75) is 32.7 Å². The minimum Gasteiger partial charge on any atom is -0.319 e. The molecule has 0 saturated carbocycles. The fourth-order valence-corrected chi connectivity index (χ4v) is 1.33. The maximum absolute atomic E-state index is 11.3. The number of benzene rings is 1. The Bertz CT molecular complexity index is 342. The molecule has 0 bridgehead atoms. The third kappa shape index (κ3) is 2.42. The van der Waals surface area contributed by atoms with Gasteiger partial charge in [-0.1, -0.05) is 24.3 Å². The fraction of sp³-hybridized carbons (Fsp3) is 0.417. The first kappa shape index (κ1) is 10.9. The molecule has 0 spiro atoms. The Morgan fingerprint density at radius 1 is 1.43 bits per heavy atom. The summed E-state index contributed by atoms with van der Waals surface area (Å²) in [7, 11) is 0. The minimum absolute atomic E-state index is 0.0285. The largest absolute Gasteiger partial charge is 0.319 e. The van der Waals surface area contributed by atoms with Crippen LogP contribution in [-0.4, -0.2) is 11.3 Å². The Balaban J connectivity index is 2.89. The Morgan fingerprint density at radius 3 is 2.50 bits per heavy atom. The number of Topliss-reactive ketones (excluding diaryl/α,β-unsaturated/α-hetero) is 1. The Hall–Kier alpha value is -1.15. The molecule has 1 aromatic rings. The van der Waals surface area contributed by atoms with Gasteiger partial charge in [0, 0.05) is 0 Å². The molecular weight excluding hydrogens is 174 g/mol. The van der Waals surface area contributed by atoms with Crippen molar-refractivity contribution in [3.8, 4) is 0 Å². The first-order valence-electron chi connectivity index (χ1n) is 4.78. The zero-order valence-electron chi connectivity index (χ0n) is 9.00. The summed E-state index contributed by atoms with van der Waals surface area (Å²) in [5.41, 5.74) is 7.50. The van der Waals surface area contributed by atoms with Crippen LogP contribution in [0, 0.1) is 6.92 Å². The van der Waals surface area contributed by atoms with Gasteiger partial charge in [0.2, 0.25) is 0 Å². The van der Waals surface area contributed by atoms with Crippen molar-refractivity contribution in [1.29, 1.82) is 0 Å². The summed E-state index contributed by atoms with van der Waals surface area (Å²) in [6, 6.07) is 8.01. The molecule has 76 valence electrons. The number of carbonyl (C=O) groups is 1. The Morgan fingerprint density at radius 2 is 2.00 bits per heavy atom. The van der Waals surface area contributed by atoms with Crippen molar-refractivity contribution in [3.05, 3.63) is 35.4 Å². The minimum atomic E-state index is -0.744. The maximum Gasteiger partial charge on any atom is 0.149 e. The van der Waals surface area contributed by atoms with Gasteiger partial charge in [-0.3, -0.25) is 4.79 Å². The first-order chi connectivity index (χ1) is 6.43. The molecule has 0 heterocycles. The molecule has 0 amide bonds.